The molecular weight excluding hydrogens is 232 g/mol. The number of halogens is 1. The second-order valence-corrected chi connectivity index (χ2v) is 5.49. The van der Waals surface area contributed by atoms with Crippen molar-refractivity contribution in [3.05, 3.63) is 0 Å². The zero-order valence-electron chi connectivity index (χ0n) is 9.90. The zero-order chi connectivity index (χ0) is 12.3. The summed E-state index contributed by atoms with van der Waals surface area (Å²) in [6, 6.07) is 0. The monoisotopic (exact) mass is 250 g/mol. The van der Waals surface area contributed by atoms with Crippen LogP contribution >= 0.6 is 11.6 Å². The number of rotatable bonds is 3. The minimum Gasteiger partial charge on any atom is -0.481 e. The van der Waals surface area contributed by atoms with Crippen molar-refractivity contribution >= 4 is 17.6 Å². The number of hydrogen-bond donors (Lipinski definition) is 1. The summed E-state index contributed by atoms with van der Waals surface area (Å²) in [5.41, 5.74) is -0.343. The third kappa shape index (κ3) is 3.34. The van der Waals surface area contributed by atoms with Crippen molar-refractivity contribution in [2.75, 3.05) is 12.7 Å². The van der Waals surface area contributed by atoms with Gasteiger partial charge >= 0.3 is 5.97 Å². The average molecular weight is 251 g/mol. The highest BCUT2D eigenvalue weighted by Gasteiger charge is 2.41. The van der Waals surface area contributed by atoms with Gasteiger partial charge in [0.15, 0.2) is 0 Å². The van der Waals surface area contributed by atoms with Crippen molar-refractivity contribution in [3.8, 4) is 0 Å². The summed E-state index contributed by atoms with van der Waals surface area (Å²) in [5, 5.41) is 9.27. The summed E-state index contributed by atoms with van der Waals surface area (Å²) in [6.45, 7) is 5.84. The van der Waals surface area contributed by atoms with Crippen molar-refractivity contribution in [2.24, 2.45) is 11.3 Å². The molecule has 1 unspecified atom stereocenters. The zero-order valence-corrected chi connectivity index (χ0v) is 10.7. The van der Waals surface area contributed by atoms with E-state index in [0.717, 1.165) is 0 Å². The Morgan fingerprint density at radius 1 is 1.50 bits per heavy atom. The third-order valence-electron chi connectivity index (χ3n) is 2.82. The lowest BCUT2D eigenvalue weighted by Gasteiger charge is -2.38. The molecule has 0 radical (unpaired) electrons. The van der Waals surface area contributed by atoms with E-state index in [1.165, 1.54) is 0 Å². The van der Waals surface area contributed by atoms with Crippen molar-refractivity contribution in [3.63, 3.8) is 0 Å². The molecule has 16 heavy (non-hydrogen) atoms. The first-order chi connectivity index (χ1) is 7.36. The highest BCUT2D eigenvalue weighted by Crippen LogP contribution is 2.34. The lowest BCUT2D eigenvalue weighted by Crippen LogP contribution is -2.45. The fourth-order valence-electron chi connectivity index (χ4n) is 2.05. The maximum absolute atomic E-state index is 11.3. The van der Waals surface area contributed by atoms with E-state index in [1.807, 2.05) is 20.8 Å². The Balaban J connectivity index is 2.75. The van der Waals surface area contributed by atoms with Gasteiger partial charge in [-0.25, -0.2) is 0 Å². The predicted octanol–water partition coefficient (Wildman–Crippen LogP) is 2.10. The maximum atomic E-state index is 11.3. The van der Waals surface area contributed by atoms with E-state index in [4.69, 9.17) is 21.1 Å². The molecule has 0 bridgehead atoms. The molecule has 0 aromatic rings. The maximum Gasteiger partial charge on any atom is 0.309 e. The first kappa shape index (κ1) is 13.7. The number of alkyl halides is 1. The Kier molecular flexibility index (Phi) is 4.59. The third-order valence-corrected chi connectivity index (χ3v) is 3.17. The summed E-state index contributed by atoms with van der Waals surface area (Å²) in [5.74, 6) is -0.995. The Hall–Kier alpha value is -0.320. The van der Waals surface area contributed by atoms with Crippen molar-refractivity contribution in [2.45, 2.75) is 39.4 Å². The summed E-state index contributed by atoms with van der Waals surface area (Å²) >= 11 is 5.72. The summed E-state index contributed by atoms with van der Waals surface area (Å²) in [7, 11) is 0. The Labute approximate surface area is 101 Å². The van der Waals surface area contributed by atoms with Crippen LogP contribution in [0.4, 0.5) is 0 Å². The highest BCUT2D eigenvalue weighted by atomic mass is 35.5. The van der Waals surface area contributed by atoms with Crippen LogP contribution in [0.5, 0.6) is 0 Å². The molecule has 0 saturated carbocycles. The smallest absolute Gasteiger partial charge is 0.309 e. The van der Waals surface area contributed by atoms with Gasteiger partial charge in [0.1, 0.15) is 6.79 Å². The molecule has 1 heterocycles. The van der Waals surface area contributed by atoms with Crippen LogP contribution in [0.3, 0.4) is 0 Å². The van der Waals surface area contributed by atoms with Gasteiger partial charge in [-0.3, -0.25) is 4.79 Å². The van der Waals surface area contributed by atoms with Crippen LogP contribution in [0.1, 0.15) is 27.2 Å². The van der Waals surface area contributed by atoms with Crippen LogP contribution in [-0.4, -0.2) is 36.0 Å². The largest absolute Gasteiger partial charge is 0.481 e. The molecule has 0 aromatic carbocycles. The second kappa shape index (κ2) is 5.34. The van der Waals surface area contributed by atoms with E-state index in [-0.39, 0.29) is 24.4 Å². The molecule has 4 nitrogen and oxygen atoms in total. The first-order valence-corrected chi connectivity index (χ1v) is 5.91. The Morgan fingerprint density at radius 3 is 2.56 bits per heavy atom. The molecule has 1 aliphatic rings. The van der Waals surface area contributed by atoms with Gasteiger partial charge in [-0.15, -0.1) is 11.6 Å². The molecule has 0 aliphatic carbocycles. The van der Waals surface area contributed by atoms with Crippen LogP contribution in [0, 0.1) is 11.3 Å². The van der Waals surface area contributed by atoms with Crippen LogP contribution in [0.15, 0.2) is 0 Å². The number of aliphatic carboxylic acids is 1. The van der Waals surface area contributed by atoms with E-state index in [2.05, 4.69) is 0 Å². The van der Waals surface area contributed by atoms with Gasteiger partial charge in [-0.1, -0.05) is 20.8 Å². The Bertz CT molecular complexity index is 249. The number of ether oxygens (including phenoxy) is 2. The average Bonchev–Trinajstić information content (AvgIpc) is 2.15. The van der Waals surface area contributed by atoms with E-state index >= 15 is 0 Å². The van der Waals surface area contributed by atoms with Gasteiger partial charge in [0.2, 0.25) is 0 Å². The van der Waals surface area contributed by atoms with Crippen LogP contribution < -0.4 is 0 Å². The number of carboxylic acids is 1. The van der Waals surface area contributed by atoms with Crippen LogP contribution in [0.2, 0.25) is 0 Å². The SMILES string of the molecule is CC(C)(C)C(C(=O)O)[C@H]1C[C@H](CCl)OCO1. The first-order valence-electron chi connectivity index (χ1n) is 5.38. The molecule has 1 saturated heterocycles. The molecule has 1 aliphatic heterocycles. The molecule has 1 rings (SSSR count). The van der Waals surface area contributed by atoms with Gasteiger partial charge in [0, 0.05) is 12.3 Å². The number of hydrogen-bond acceptors (Lipinski definition) is 3. The quantitative estimate of drug-likeness (QED) is 0.780. The molecule has 0 aromatic heterocycles. The molecule has 5 heteroatoms. The van der Waals surface area contributed by atoms with E-state index in [1.54, 1.807) is 0 Å². The van der Waals surface area contributed by atoms with Gasteiger partial charge in [0.25, 0.3) is 0 Å². The lowest BCUT2D eigenvalue weighted by molar-refractivity contribution is -0.200. The predicted molar refractivity (Wildman–Crippen MR) is 60.5 cm³/mol. The molecule has 1 N–H and O–H groups in total. The standard InChI is InChI=1S/C11H19ClO4/c1-11(2,3)9(10(13)14)8-4-7(5-12)15-6-16-8/h7-9H,4-6H2,1-3H3,(H,13,14)/t7-,8-,9?/m1/s1. The van der Waals surface area contributed by atoms with E-state index in [0.29, 0.717) is 12.3 Å². The minimum absolute atomic E-state index is 0.107. The van der Waals surface area contributed by atoms with Crippen LogP contribution in [0.25, 0.3) is 0 Å². The summed E-state index contributed by atoms with van der Waals surface area (Å²) in [6.07, 6.45) is 0.109. The van der Waals surface area contributed by atoms with Gasteiger partial charge in [-0.2, -0.15) is 0 Å². The number of carbonyl (C=O) groups is 1. The summed E-state index contributed by atoms with van der Waals surface area (Å²) in [4.78, 5) is 11.3. The molecule has 1 fully saturated rings. The highest BCUT2D eigenvalue weighted by molar-refractivity contribution is 6.18. The second-order valence-electron chi connectivity index (χ2n) is 5.18. The molecule has 94 valence electrons. The fraction of sp³-hybridized carbons (Fsp3) is 0.909. The fourth-order valence-corrected chi connectivity index (χ4v) is 2.26. The van der Waals surface area contributed by atoms with E-state index < -0.39 is 11.9 Å². The van der Waals surface area contributed by atoms with Crippen molar-refractivity contribution < 1.29 is 19.4 Å². The minimum atomic E-state index is -0.826. The summed E-state index contributed by atoms with van der Waals surface area (Å²) < 4.78 is 10.7. The lowest BCUT2D eigenvalue weighted by atomic mass is 9.76. The van der Waals surface area contributed by atoms with Gasteiger partial charge < -0.3 is 14.6 Å². The molecule has 0 amide bonds. The normalized spacial score (nSPS) is 28.8. The van der Waals surface area contributed by atoms with E-state index in [9.17, 15) is 9.90 Å². The van der Waals surface area contributed by atoms with Gasteiger partial charge in [0.05, 0.1) is 18.1 Å². The topological polar surface area (TPSA) is 55.8 Å². The molecular formula is C11H19ClO4. The number of carboxylic acid groups (broad SMARTS) is 1. The Morgan fingerprint density at radius 2 is 2.12 bits per heavy atom. The van der Waals surface area contributed by atoms with Crippen molar-refractivity contribution in [1.82, 2.24) is 0 Å². The molecule has 0 spiro atoms. The van der Waals surface area contributed by atoms with Gasteiger partial charge in [-0.05, 0) is 5.41 Å². The van der Waals surface area contributed by atoms with Crippen LogP contribution in [-0.2, 0) is 14.3 Å². The van der Waals surface area contributed by atoms with Crippen molar-refractivity contribution in [1.29, 1.82) is 0 Å². The molecule has 3 atom stereocenters.